The van der Waals surface area contributed by atoms with E-state index in [1.165, 1.54) is 0 Å². The summed E-state index contributed by atoms with van der Waals surface area (Å²) in [5.74, 6) is 1.23. The molecule has 0 spiro atoms. The maximum Gasteiger partial charge on any atom is 0.255 e. The Kier molecular flexibility index (Phi) is 5.78. The molecule has 0 bridgehead atoms. The molecule has 6 nitrogen and oxygen atoms in total. The third kappa shape index (κ3) is 4.13. The molecule has 0 saturated carbocycles. The molecule has 148 valence electrons. The Morgan fingerprint density at radius 3 is 2.39 bits per heavy atom. The first-order valence-corrected chi connectivity index (χ1v) is 9.77. The number of likely N-dealkylation sites (tertiary alicyclic amines) is 1. The highest BCUT2D eigenvalue weighted by atomic mass is 16.7. The maximum absolute atomic E-state index is 13.1. The first-order valence-electron chi connectivity index (χ1n) is 9.77. The maximum atomic E-state index is 13.1. The number of amides is 1. The highest BCUT2D eigenvalue weighted by Crippen LogP contribution is 2.28. The van der Waals surface area contributed by atoms with Crippen LogP contribution in [0.25, 0.3) is 0 Å². The number of nitrogens with zero attached hydrogens (tertiary/aromatic N) is 1. The van der Waals surface area contributed by atoms with Gasteiger partial charge in [0, 0.05) is 24.7 Å². The van der Waals surface area contributed by atoms with Gasteiger partial charge in [-0.25, -0.2) is 0 Å². The van der Waals surface area contributed by atoms with Crippen LogP contribution in [0, 0.1) is 5.92 Å². The van der Waals surface area contributed by atoms with Gasteiger partial charge in [0.15, 0.2) is 6.29 Å². The number of carbonyl (C=O) groups is 1. The number of methoxy groups -OCH3 is 1. The van der Waals surface area contributed by atoms with Gasteiger partial charge < -0.3 is 24.4 Å². The number of rotatable bonds is 5. The van der Waals surface area contributed by atoms with Crippen molar-refractivity contribution in [3.8, 4) is 5.75 Å². The van der Waals surface area contributed by atoms with Crippen LogP contribution in [-0.4, -0.2) is 50.5 Å². The van der Waals surface area contributed by atoms with Gasteiger partial charge in [-0.05, 0) is 49.2 Å². The van der Waals surface area contributed by atoms with Crippen LogP contribution in [0.3, 0.4) is 0 Å². The zero-order valence-electron chi connectivity index (χ0n) is 16.1. The number of para-hydroxylation sites is 1. The minimum Gasteiger partial charge on any atom is -0.497 e. The topological polar surface area (TPSA) is 60.0 Å². The Balaban J connectivity index is 1.43. The molecule has 0 radical (unpaired) electrons. The highest BCUT2D eigenvalue weighted by molar-refractivity contribution is 6.00. The number of benzene rings is 2. The molecule has 2 heterocycles. The molecular weight excluding hydrogens is 356 g/mol. The normalized spacial score (nSPS) is 18.2. The summed E-state index contributed by atoms with van der Waals surface area (Å²) in [5.41, 5.74) is 2.41. The molecule has 2 aliphatic heterocycles. The van der Waals surface area contributed by atoms with Crippen LogP contribution in [0.2, 0.25) is 0 Å². The molecule has 28 heavy (non-hydrogen) atoms. The van der Waals surface area contributed by atoms with Crippen molar-refractivity contribution in [1.82, 2.24) is 4.90 Å². The van der Waals surface area contributed by atoms with E-state index in [-0.39, 0.29) is 12.2 Å². The van der Waals surface area contributed by atoms with Crippen molar-refractivity contribution in [2.75, 3.05) is 38.7 Å². The molecule has 0 aromatic heterocycles. The Morgan fingerprint density at radius 2 is 1.71 bits per heavy atom. The van der Waals surface area contributed by atoms with E-state index in [2.05, 4.69) is 5.32 Å². The molecule has 2 aromatic rings. The predicted molar refractivity (Wildman–Crippen MR) is 107 cm³/mol. The zero-order chi connectivity index (χ0) is 19.3. The third-order valence-electron chi connectivity index (χ3n) is 5.39. The van der Waals surface area contributed by atoms with Gasteiger partial charge in [-0.15, -0.1) is 0 Å². The Labute approximate surface area is 165 Å². The fraction of sp³-hybridized carbons (Fsp3) is 0.409. The quantitative estimate of drug-likeness (QED) is 0.855. The number of hydrogen-bond acceptors (Lipinski definition) is 5. The molecule has 0 unspecified atom stereocenters. The first-order chi connectivity index (χ1) is 13.7. The predicted octanol–water partition coefficient (Wildman–Crippen LogP) is 3.66. The Bertz CT molecular complexity index is 794. The summed E-state index contributed by atoms with van der Waals surface area (Å²) >= 11 is 0. The molecule has 4 rings (SSSR count). The van der Waals surface area contributed by atoms with Crippen LogP contribution < -0.4 is 10.1 Å². The van der Waals surface area contributed by atoms with Crippen LogP contribution in [-0.2, 0) is 9.47 Å². The summed E-state index contributed by atoms with van der Waals surface area (Å²) in [6, 6.07) is 15.3. The number of anilines is 2. The van der Waals surface area contributed by atoms with Crippen molar-refractivity contribution in [2.45, 2.75) is 19.1 Å². The molecule has 1 N–H and O–H groups in total. The number of piperidine rings is 1. The number of ether oxygens (including phenoxy) is 3. The number of carbonyl (C=O) groups excluding carboxylic acids is 1. The van der Waals surface area contributed by atoms with Crippen LogP contribution in [0.1, 0.15) is 23.2 Å². The van der Waals surface area contributed by atoms with Gasteiger partial charge in [0.2, 0.25) is 0 Å². The zero-order valence-corrected chi connectivity index (χ0v) is 16.1. The van der Waals surface area contributed by atoms with E-state index in [0.29, 0.717) is 24.7 Å². The number of nitrogens with one attached hydrogen (secondary N) is 1. The molecule has 1 amide bonds. The lowest BCUT2D eigenvalue weighted by Gasteiger charge is -2.34. The van der Waals surface area contributed by atoms with E-state index in [0.717, 1.165) is 43.1 Å². The van der Waals surface area contributed by atoms with E-state index in [4.69, 9.17) is 14.2 Å². The van der Waals surface area contributed by atoms with E-state index in [1.54, 1.807) is 7.11 Å². The van der Waals surface area contributed by atoms with Crippen molar-refractivity contribution in [1.29, 1.82) is 0 Å². The summed E-state index contributed by atoms with van der Waals surface area (Å²) in [4.78, 5) is 15.1. The van der Waals surface area contributed by atoms with Crippen LogP contribution >= 0.6 is 0 Å². The van der Waals surface area contributed by atoms with Crippen LogP contribution in [0.4, 0.5) is 11.4 Å². The third-order valence-corrected chi connectivity index (χ3v) is 5.39. The van der Waals surface area contributed by atoms with Gasteiger partial charge in [-0.3, -0.25) is 4.79 Å². The van der Waals surface area contributed by atoms with E-state index in [9.17, 15) is 4.79 Å². The van der Waals surface area contributed by atoms with Gasteiger partial charge in [0.05, 0.1) is 31.6 Å². The van der Waals surface area contributed by atoms with E-state index >= 15 is 0 Å². The monoisotopic (exact) mass is 382 g/mol. The summed E-state index contributed by atoms with van der Waals surface area (Å²) < 4.78 is 16.5. The van der Waals surface area contributed by atoms with Gasteiger partial charge in [-0.1, -0.05) is 12.1 Å². The SMILES string of the molecule is COc1ccc(Nc2ccccc2C(=O)N2CCC(C3OCCO3)CC2)cc1. The molecule has 6 heteroatoms. The lowest BCUT2D eigenvalue weighted by atomic mass is 9.95. The molecule has 2 aliphatic rings. The standard InChI is InChI=1S/C22H26N2O4/c1-26-18-8-6-17(7-9-18)23-20-5-3-2-4-19(20)21(25)24-12-10-16(11-13-24)22-27-14-15-28-22/h2-9,16,22-23H,10-15H2,1H3. The average Bonchev–Trinajstić information content (AvgIpc) is 3.29. The summed E-state index contributed by atoms with van der Waals surface area (Å²) in [5, 5.41) is 3.35. The second-order valence-electron chi connectivity index (χ2n) is 7.14. The minimum absolute atomic E-state index is 0.0586. The first kappa shape index (κ1) is 18.8. The van der Waals surface area contributed by atoms with E-state index in [1.807, 2.05) is 53.4 Å². The van der Waals surface area contributed by atoms with Crippen molar-refractivity contribution in [3.05, 3.63) is 54.1 Å². The average molecular weight is 382 g/mol. The molecular formula is C22H26N2O4. The smallest absolute Gasteiger partial charge is 0.255 e. The molecule has 2 aromatic carbocycles. The largest absolute Gasteiger partial charge is 0.497 e. The Hall–Kier alpha value is -2.57. The summed E-state index contributed by atoms with van der Waals surface area (Å²) in [7, 11) is 1.64. The molecule has 0 atom stereocenters. The van der Waals surface area contributed by atoms with Crippen molar-refractivity contribution < 1.29 is 19.0 Å². The molecule has 0 aliphatic carbocycles. The van der Waals surface area contributed by atoms with Gasteiger partial charge in [0.1, 0.15) is 5.75 Å². The Morgan fingerprint density at radius 1 is 1.04 bits per heavy atom. The summed E-state index contributed by atoms with van der Waals surface area (Å²) in [6.45, 7) is 2.80. The fourth-order valence-corrected chi connectivity index (χ4v) is 3.80. The lowest BCUT2D eigenvalue weighted by Crippen LogP contribution is -2.41. The minimum atomic E-state index is -0.0960. The van der Waals surface area contributed by atoms with Crippen LogP contribution in [0.15, 0.2) is 48.5 Å². The van der Waals surface area contributed by atoms with Crippen LogP contribution in [0.5, 0.6) is 5.75 Å². The summed E-state index contributed by atoms with van der Waals surface area (Å²) in [6.07, 6.45) is 1.72. The van der Waals surface area contributed by atoms with Crippen molar-refractivity contribution in [3.63, 3.8) is 0 Å². The molecule has 2 fully saturated rings. The van der Waals surface area contributed by atoms with Gasteiger partial charge in [-0.2, -0.15) is 0 Å². The van der Waals surface area contributed by atoms with E-state index < -0.39 is 0 Å². The fourth-order valence-electron chi connectivity index (χ4n) is 3.80. The second-order valence-corrected chi connectivity index (χ2v) is 7.14. The number of hydrogen-bond donors (Lipinski definition) is 1. The second kappa shape index (κ2) is 8.63. The molecule has 2 saturated heterocycles. The van der Waals surface area contributed by atoms with Gasteiger partial charge >= 0.3 is 0 Å². The van der Waals surface area contributed by atoms with Crippen molar-refractivity contribution >= 4 is 17.3 Å². The van der Waals surface area contributed by atoms with Gasteiger partial charge in [0.25, 0.3) is 5.91 Å². The highest BCUT2D eigenvalue weighted by Gasteiger charge is 2.32. The van der Waals surface area contributed by atoms with Crippen molar-refractivity contribution in [2.24, 2.45) is 5.92 Å². The lowest BCUT2D eigenvalue weighted by molar-refractivity contribution is -0.0956.